The van der Waals surface area contributed by atoms with E-state index in [1.54, 1.807) is 32.0 Å². The zero-order valence-corrected chi connectivity index (χ0v) is 17.1. The van der Waals surface area contributed by atoms with Crippen LogP contribution < -0.4 is 10.9 Å². The van der Waals surface area contributed by atoms with Crippen molar-refractivity contribution in [1.29, 1.82) is 0 Å². The first kappa shape index (κ1) is 19.7. The first-order chi connectivity index (χ1) is 15.4. The molecule has 0 spiro atoms. The minimum atomic E-state index is -0.793. The number of nitrogens with zero attached hydrogens (tertiary/aromatic N) is 5. The number of hydrogen-bond donors (Lipinski definition) is 2. The lowest BCUT2D eigenvalue weighted by atomic mass is 10.1. The molecule has 0 aliphatic rings. The van der Waals surface area contributed by atoms with Gasteiger partial charge in [0.25, 0.3) is 5.56 Å². The third kappa shape index (κ3) is 3.25. The number of halogens is 2. The van der Waals surface area contributed by atoms with Gasteiger partial charge in [-0.2, -0.15) is 0 Å². The number of fused-ring (bicyclic) bond motifs is 2. The summed E-state index contributed by atoms with van der Waals surface area (Å²) in [7, 11) is 0. The minimum absolute atomic E-state index is 0.0446. The molecule has 32 heavy (non-hydrogen) atoms. The van der Waals surface area contributed by atoms with Crippen LogP contribution in [0.1, 0.15) is 24.4 Å². The van der Waals surface area contributed by atoms with Crippen LogP contribution in [0, 0.1) is 18.6 Å². The molecule has 1 unspecified atom stereocenters. The number of imidazole rings is 1. The summed E-state index contributed by atoms with van der Waals surface area (Å²) >= 11 is 0. The molecule has 0 saturated carbocycles. The van der Waals surface area contributed by atoms with Gasteiger partial charge >= 0.3 is 0 Å². The number of nitrogens with one attached hydrogen (secondary N) is 2. The fraction of sp³-hybridized carbons (Fsp3) is 0.136. The van der Waals surface area contributed by atoms with E-state index in [0.717, 1.165) is 18.2 Å². The van der Waals surface area contributed by atoms with E-state index in [0.29, 0.717) is 33.4 Å². The molecule has 0 bridgehead atoms. The predicted octanol–water partition coefficient (Wildman–Crippen LogP) is 3.81. The van der Waals surface area contributed by atoms with Gasteiger partial charge in [-0.1, -0.05) is 12.1 Å². The van der Waals surface area contributed by atoms with Crippen LogP contribution in [-0.2, 0) is 0 Å². The maximum absolute atomic E-state index is 14.0. The number of benzene rings is 2. The molecule has 5 aromatic rings. The zero-order valence-electron chi connectivity index (χ0n) is 17.1. The Morgan fingerprint density at radius 3 is 2.66 bits per heavy atom. The van der Waals surface area contributed by atoms with Gasteiger partial charge in [-0.05, 0) is 37.6 Å². The molecule has 0 aliphatic carbocycles. The summed E-state index contributed by atoms with van der Waals surface area (Å²) in [5.41, 5.74) is 1.89. The van der Waals surface area contributed by atoms with Crippen molar-refractivity contribution in [2.75, 3.05) is 5.32 Å². The molecule has 5 rings (SSSR count). The summed E-state index contributed by atoms with van der Waals surface area (Å²) < 4.78 is 29.3. The summed E-state index contributed by atoms with van der Waals surface area (Å²) in [4.78, 5) is 33.6. The van der Waals surface area contributed by atoms with Crippen molar-refractivity contribution >= 4 is 27.9 Å². The summed E-state index contributed by atoms with van der Waals surface area (Å²) in [5, 5.41) is 3.58. The molecule has 3 aromatic heterocycles. The molecule has 1 atom stereocenters. The Hall–Kier alpha value is -4.21. The van der Waals surface area contributed by atoms with Gasteiger partial charge in [0.2, 0.25) is 0 Å². The molecule has 8 nitrogen and oxygen atoms in total. The van der Waals surface area contributed by atoms with Crippen LogP contribution in [0.25, 0.3) is 27.8 Å². The lowest BCUT2D eigenvalue weighted by molar-refractivity contribution is 0.579. The predicted molar refractivity (Wildman–Crippen MR) is 116 cm³/mol. The van der Waals surface area contributed by atoms with E-state index in [1.807, 2.05) is 0 Å². The lowest BCUT2D eigenvalue weighted by Gasteiger charge is -2.20. The highest BCUT2D eigenvalue weighted by Crippen LogP contribution is 2.25. The van der Waals surface area contributed by atoms with Gasteiger partial charge in [-0.25, -0.2) is 28.7 Å². The van der Waals surface area contributed by atoms with Crippen LogP contribution in [0.4, 0.5) is 14.6 Å². The SMILES string of the molecule is Cc1cccc2nc(C(C)Nc3ncnc4nc[nH]c34)n(-c3cc(F)cc(F)c3)c(=O)c12. The fourth-order valence-corrected chi connectivity index (χ4v) is 3.77. The number of rotatable bonds is 4. The third-order valence-corrected chi connectivity index (χ3v) is 5.20. The van der Waals surface area contributed by atoms with Crippen molar-refractivity contribution in [3.8, 4) is 5.69 Å². The second kappa shape index (κ2) is 7.49. The molecule has 0 amide bonds. The smallest absolute Gasteiger partial charge is 0.266 e. The Labute approximate surface area is 180 Å². The average Bonchev–Trinajstić information content (AvgIpc) is 3.22. The molecule has 2 aromatic carbocycles. The first-order valence-electron chi connectivity index (χ1n) is 9.81. The Balaban J connectivity index is 1.74. The van der Waals surface area contributed by atoms with Gasteiger partial charge in [-0.15, -0.1) is 0 Å². The topological polar surface area (TPSA) is 101 Å². The van der Waals surface area contributed by atoms with Gasteiger partial charge < -0.3 is 10.3 Å². The standard InChI is InChI=1S/C22H17F2N7O/c1-11-4-3-5-16-17(11)22(32)31(15-7-13(23)6-14(24)8-15)21(30-16)12(2)29-20-18-19(26-9-25-18)27-10-28-20/h3-10,12H,1-2H3,(H2,25,26,27,28,29). The maximum Gasteiger partial charge on any atom is 0.266 e. The molecule has 2 N–H and O–H groups in total. The van der Waals surface area contributed by atoms with Crippen molar-refractivity contribution in [2.24, 2.45) is 0 Å². The molecule has 3 heterocycles. The van der Waals surface area contributed by atoms with Crippen molar-refractivity contribution < 1.29 is 8.78 Å². The molecule has 0 saturated heterocycles. The van der Waals surface area contributed by atoms with E-state index in [-0.39, 0.29) is 11.5 Å². The number of aryl methyl sites for hydroxylation is 1. The van der Waals surface area contributed by atoms with Gasteiger partial charge in [0.1, 0.15) is 29.3 Å². The van der Waals surface area contributed by atoms with Crippen LogP contribution in [0.3, 0.4) is 0 Å². The largest absolute Gasteiger partial charge is 0.358 e. The highest BCUT2D eigenvalue weighted by atomic mass is 19.1. The minimum Gasteiger partial charge on any atom is -0.358 e. The Kier molecular flexibility index (Phi) is 4.62. The summed E-state index contributed by atoms with van der Waals surface area (Å²) in [5.74, 6) is -0.864. The zero-order chi connectivity index (χ0) is 22.4. The second-order valence-electron chi connectivity index (χ2n) is 7.40. The van der Waals surface area contributed by atoms with Gasteiger partial charge in [0, 0.05) is 6.07 Å². The van der Waals surface area contributed by atoms with Crippen molar-refractivity contribution in [1.82, 2.24) is 29.5 Å². The molecule has 0 fully saturated rings. The number of anilines is 1. The van der Waals surface area contributed by atoms with Crippen LogP contribution in [0.15, 0.2) is 53.8 Å². The van der Waals surface area contributed by atoms with E-state index in [1.165, 1.54) is 17.2 Å². The normalized spacial score (nSPS) is 12.4. The van der Waals surface area contributed by atoms with E-state index in [2.05, 4.69) is 30.2 Å². The van der Waals surface area contributed by atoms with E-state index >= 15 is 0 Å². The summed E-state index contributed by atoms with van der Waals surface area (Å²) in [6.45, 7) is 3.57. The number of aromatic nitrogens is 6. The number of H-pyrrole nitrogens is 1. The molecule has 0 aliphatic heterocycles. The molecular formula is C22H17F2N7O. The van der Waals surface area contributed by atoms with Gasteiger partial charge in [0.05, 0.1) is 29.0 Å². The number of hydrogen-bond acceptors (Lipinski definition) is 6. The fourth-order valence-electron chi connectivity index (χ4n) is 3.77. The Morgan fingerprint density at radius 1 is 1.09 bits per heavy atom. The van der Waals surface area contributed by atoms with E-state index < -0.39 is 23.2 Å². The van der Waals surface area contributed by atoms with Crippen LogP contribution in [-0.4, -0.2) is 29.5 Å². The quantitative estimate of drug-likeness (QED) is 0.447. The average molecular weight is 433 g/mol. The molecular weight excluding hydrogens is 416 g/mol. The van der Waals surface area contributed by atoms with Crippen molar-refractivity contribution in [3.05, 3.63) is 82.4 Å². The van der Waals surface area contributed by atoms with Crippen molar-refractivity contribution in [3.63, 3.8) is 0 Å². The lowest BCUT2D eigenvalue weighted by Crippen LogP contribution is -2.28. The van der Waals surface area contributed by atoms with Crippen LogP contribution in [0.2, 0.25) is 0 Å². The first-order valence-corrected chi connectivity index (χ1v) is 9.81. The van der Waals surface area contributed by atoms with Gasteiger partial charge in [0.15, 0.2) is 11.5 Å². The third-order valence-electron chi connectivity index (χ3n) is 5.20. The monoisotopic (exact) mass is 433 g/mol. The van der Waals surface area contributed by atoms with E-state index in [4.69, 9.17) is 0 Å². The number of aromatic amines is 1. The van der Waals surface area contributed by atoms with Gasteiger partial charge in [-0.3, -0.25) is 9.36 Å². The highest BCUT2D eigenvalue weighted by Gasteiger charge is 2.21. The summed E-state index contributed by atoms with van der Waals surface area (Å²) in [6.07, 6.45) is 2.86. The second-order valence-corrected chi connectivity index (χ2v) is 7.40. The maximum atomic E-state index is 14.0. The Morgan fingerprint density at radius 2 is 1.88 bits per heavy atom. The molecule has 160 valence electrons. The summed E-state index contributed by atoms with van der Waals surface area (Å²) in [6, 6.07) is 7.71. The van der Waals surface area contributed by atoms with Crippen LogP contribution in [0.5, 0.6) is 0 Å². The molecule has 0 radical (unpaired) electrons. The van der Waals surface area contributed by atoms with E-state index in [9.17, 15) is 13.6 Å². The molecule has 10 heteroatoms. The van der Waals surface area contributed by atoms with Crippen molar-refractivity contribution in [2.45, 2.75) is 19.9 Å². The van der Waals surface area contributed by atoms with Crippen LogP contribution >= 0.6 is 0 Å². The Bertz CT molecular complexity index is 1520. The highest BCUT2D eigenvalue weighted by molar-refractivity contribution is 5.83.